The molecule has 2 N–H and O–H groups in total. The number of carbonyl (C=O) groups is 6. The van der Waals surface area contributed by atoms with Crippen LogP contribution in [0.1, 0.15) is 24.0 Å². The van der Waals surface area contributed by atoms with Crippen LogP contribution in [0.15, 0.2) is 23.8 Å². The summed E-state index contributed by atoms with van der Waals surface area (Å²) in [6.07, 6.45) is 2.89. The molecule has 0 aliphatic carbocycles. The number of amides is 8. The van der Waals surface area contributed by atoms with Crippen LogP contribution in [0.3, 0.4) is 0 Å². The molecule has 1 aromatic carbocycles. The van der Waals surface area contributed by atoms with Crippen molar-refractivity contribution in [2.75, 3.05) is 25.5 Å². The highest BCUT2D eigenvalue weighted by Gasteiger charge is 2.63. The van der Waals surface area contributed by atoms with Gasteiger partial charge in [0.2, 0.25) is 11.8 Å². The average molecular weight is 451 g/mol. The highest BCUT2D eigenvalue weighted by Crippen LogP contribution is 2.49. The summed E-state index contributed by atoms with van der Waals surface area (Å²) in [4.78, 5) is 78.7. The number of rotatable bonds is 1. The van der Waals surface area contributed by atoms with Crippen LogP contribution >= 0.6 is 0 Å². The summed E-state index contributed by atoms with van der Waals surface area (Å²) in [6.45, 7) is 0.661. The number of hydrogen-bond donors (Lipinski definition) is 2. The van der Waals surface area contributed by atoms with Gasteiger partial charge in [-0.1, -0.05) is 6.07 Å². The number of urea groups is 2. The third-order valence-corrected chi connectivity index (χ3v) is 6.90. The minimum Gasteiger partial charge on any atom is -0.367 e. The molecule has 0 aromatic heterocycles. The van der Waals surface area contributed by atoms with E-state index < -0.39 is 41.1 Å². The van der Waals surface area contributed by atoms with Gasteiger partial charge in [0.15, 0.2) is 5.41 Å². The number of imide groups is 4. The average Bonchev–Trinajstić information content (AvgIpc) is 3.28. The highest BCUT2D eigenvalue weighted by atomic mass is 16.2. The van der Waals surface area contributed by atoms with Crippen LogP contribution in [0.5, 0.6) is 0 Å². The van der Waals surface area contributed by atoms with Crippen LogP contribution in [0.2, 0.25) is 0 Å². The second kappa shape index (κ2) is 6.99. The van der Waals surface area contributed by atoms with Crippen molar-refractivity contribution in [1.29, 1.82) is 0 Å². The van der Waals surface area contributed by atoms with Crippen molar-refractivity contribution in [1.82, 2.24) is 20.4 Å². The van der Waals surface area contributed by atoms with E-state index >= 15 is 0 Å². The summed E-state index contributed by atoms with van der Waals surface area (Å²) in [5.41, 5.74) is 0.422. The van der Waals surface area contributed by atoms with Crippen molar-refractivity contribution in [2.45, 2.75) is 25.3 Å². The monoisotopic (exact) mass is 451 g/mol. The SMILES string of the molecule is CN1C(=O)N(C)C(=O)C2(Cc3cc(C=C4C(=O)NC(=O)NC4=O)ccc3N3CCCC32)C1=O. The molecular weight excluding hydrogens is 430 g/mol. The highest BCUT2D eigenvalue weighted by molar-refractivity contribution is 6.31. The Balaban J connectivity index is 1.60. The first-order chi connectivity index (χ1) is 15.6. The molecule has 0 radical (unpaired) electrons. The van der Waals surface area contributed by atoms with E-state index in [9.17, 15) is 28.8 Å². The fraction of sp³-hybridized carbons (Fsp3) is 0.364. The van der Waals surface area contributed by atoms with Gasteiger partial charge in [-0.3, -0.25) is 39.6 Å². The summed E-state index contributed by atoms with van der Waals surface area (Å²) in [6, 6.07) is 3.40. The van der Waals surface area contributed by atoms with E-state index in [0.29, 0.717) is 24.1 Å². The third-order valence-electron chi connectivity index (χ3n) is 6.90. The predicted molar refractivity (Wildman–Crippen MR) is 114 cm³/mol. The van der Waals surface area contributed by atoms with E-state index in [1.54, 1.807) is 12.1 Å². The zero-order chi connectivity index (χ0) is 23.7. The van der Waals surface area contributed by atoms with Crippen LogP contribution in [0.4, 0.5) is 15.3 Å². The molecule has 170 valence electrons. The molecule has 0 saturated carbocycles. The first-order valence-corrected chi connectivity index (χ1v) is 10.5. The molecule has 0 bridgehead atoms. The van der Waals surface area contributed by atoms with Crippen molar-refractivity contribution in [3.05, 3.63) is 34.9 Å². The summed E-state index contributed by atoms with van der Waals surface area (Å²) in [7, 11) is 2.76. The van der Waals surface area contributed by atoms with Crippen molar-refractivity contribution in [3.63, 3.8) is 0 Å². The van der Waals surface area contributed by atoms with E-state index in [0.717, 1.165) is 21.9 Å². The van der Waals surface area contributed by atoms with Gasteiger partial charge in [-0.2, -0.15) is 0 Å². The molecule has 5 rings (SSSR count). The normalized spacial score (nSPS) is 24.1. The van der Waals surface area contributed by atoms with Crippen LogP contribution in [-0.2, 0) is 25.6 Å². The number of anilines is 1. The lowest BCUT2D eigenvalue weighted by molar-refractivity contribution is -0.159. The standard InChI is InChI=1S/C22H21N5O6/c1-25-18(30)22(19(31)26(2)21(25)33)10-12-8-11(5-6-14(12)27-7-3-4-15(22)27)9-13-16(28)23-20(32)24-17(13)29/h5-6,8-9,15H,3-4,7,10H2,1-2H3,(H2,23,24,28,29,32). The van der Waals surface area contributed by atoms with Gasteiger partial charge < -0.3 is 4.90 Å². The Morgan fingerprint density at radius 1 is 0.970 bits per heavy atom. The van der Waals surface area contributed by atoms with E-state index in [1.807, 2.05) is 21.6 Å². The number of barbiturate groups is 2. The quantitative estimate of drug-likeness (QED) is 0.348. The predicted octanol–water partition coefficient (Wildman–Crippen LogP) is -0.00230. The first kappa shape index (κ1) is 20.9. The van der Waals surface area contributed by atoms with Gasteiger partial charge in [0.05, 0.1) is 6.04 Å². The zero-order valence-electron chi connectivity index (χ0n) is 18.0. The fourth-order valence-electron chi connectivity index (χ4n) is 5.40. The van der Waals surface area contributed by atoms with Crippen molar-refractivity contribution in [3.8, 4) is 0 Å². The molecule has 1 spiro atoms. The van der Waals surface area contributed by atoms with Crippen LogP contribution in [0.25, 0.3) is 6.08 Å². The van der Waals surface area contributed by atoms with Crippen molar-refractivity contribution in [2.24, 2.45) is 5.41 Å². The summed E-state index contributed by atoms with van der Waals surface area (Å²) in [5.74, 6) is -2.66. The number of nitrogens with one attached hydrogen (secondary N) is 2. The van der Waals surface area contributed by atoms with E-state index in [1.165, 1.54) is 20.2 Å². The molecule has 11 nitrogen and oxygen atoms in total. The Labute approximate surface area is 188 Å². The molecule has 4 aliphatic rings. The smallest absolute Gasteiger partial charge is 0.332 e. The van der Waals surface area contributed by atoms with Gasteiger partial charge in [0, 0.05) is 26.3 Å². The molecule has 4 heterocycles. The maximum atomic E-state index is 13.4. The topological polar surface area (TPSA) is 136 Å². The minimum atomic E-state index is -1.43. The van der Waals surface area contributed by atoms with E-state index in [4.69, 9.17) is 0 Å². The first-order valence-electron chi connectivity index (χ1n) is 10.5. The Morgan fingerprint density at radius 2 is 1.61 bits per heavy atom. The van der Waals surface area contributed by atoms with E-state index in [2.05, 4.69) is 0 Å². The molecule has 4 aliphatic heterocycles. The van der Waals surface area contributed by atoms with Crippen molar-refractivity contribution < 1.29 is 28.8 Å². The molecule has 33 heavy (non-hydrogen) atoms. The lowest BCUT2D eigenvalue weighted by Gasteiger charge is -2.50. The second-order valence-electron chi connectivity index (χ2n) is 8.69. The van der Waals surface area contributed by atoms with Crippen LogP contribution < -0.4 is 15.5 Å². The number of nitrogens with zero attached hydrogens (tertiary/aromatic N) is 3. The Kier molecular flexibility index (Phi) is 4.42. The molecule has 1 aromatic rings. The molecular formula is C22H21N5O6. The molecule has 1 atom stereocenters. The molecule has 8 amide bonds. The number of benzene rings is 1. The van der Waals surface area contributed by atoms with Gasteiger partial charge in [-0.05, 0) is 48.6 Å². The maximum Gasteiger partial charge on any atom is 0.332 e. The summed E-state index contributed by atoms with van der Waals surface area (Å²) in [5, 5.41) is 4.05. The number of carbonyl (C=O) groups excluding carboxylic acids is 6. The van der Waals surface area contributed by atoms with E-state index in [-0.39, 0.29) is 18.0 Å². The molecule has 1 unspecified atom stereocenters. The van der Waals surface area contributed by atoms with Crippen LogP contribution in [0, 0.1) is 5.41 Å². The lowest BCUT2D eigenvalue weighted by Crippen LogP contribution is -2.70. The third kappa shape index (κ3) is 2.81. The summed E-state index contributed by atoms with van der Waals surface area (Å²) >= 11 is 0. The van der Waals surface area contributed by atoms with Gasteiger partial charge in [0.1, 0.15) is 5.57 Å². The molecule has 3 fully saturated rings. The Hall–Kier alpha value is -4.02. The fourth-order valence-corrected chi connectivity index (χ4v) is 5.40. The van der Waals surface area contributed by atoms with Crippen molar-refractivity contribution >= 4 is 47.5 Å². The Bertz CT molecular complexity index is 1160. The largest absolute Gasteiger partial charge is 0.367 e. The Morgan fingerprint density at radius 3 is 2.24 bits per heavy atom. The molecule has 3 saturated heterocycles. The maximum absolute atomic E-state index is 13.4. The van der Waals surface area contributed by atoms with Gasteiger partial charge in [-0.25, -0.2) is 9.59 Å². The minimum absolute atomic E-state index is 0.0943. The number of hydrogen-bond acceptors (Lipinski definition) is 7. The second-order valence-corrected chi connectivity index (χ2v) is 8.69. The van der Waals surface area contributed by atoms with Gasteiger partial charge in [0.25, 0.3) is 11.8 Å². The summed E-state index contributed by atoms with van der Waals surface area (Å²) < 4.78 is 0. The van der Waals surface area contributed by atoms with Gasteiger partial charge >= 0.3 is 12.1 Å². The number of fused-ring (bicyclic) bond motifs is 4. The molecule has 11 heteroatoms. The lowest BCUT2D eigenvalue weighted by atomic mass is 9.68. The zero-order valence-corrected chi connectivity index (χ0v) is 18.0. The van der Waals surface area contributed by atoms with Crippen LogP contribution in [-0.4, -0.2) is 72.2 Å². The van der Waals surface area contributed by atoms with Gasteiger partial charge in [-0.15, -0.1) is 0 Å².